The first-order valence-electron chi connectivity index (χ1n) is 10.8. The Morgan fingerprint density at radius 2 is 1.70 bits per heavy atom. The van der Waals surface area contributed by atoms with Crippen molar-refractivity contribution in [2.24, 2.45) is 0 Å². The Morgan fingerprint density at radius 1 is 0.970 bits per heavy atom. The average Bonchev–Trinajstić information content (AvgIpc) is 3.19. The molecule has 0 aliphatic rings. The summed E-state index contributed by atoms with van der Waals surface area (Å²) < 4.78 is 30.5. The molecule has 2 N–H and O–H groups in total. The predicted molar refractivity (Wildman–Crippen MR) is 128 cm³/mol. The molecule has 1 aromatic heterocycles. The molecule has 170 valence electrons. The summed E-state index contributed by atoms with van der Waals surface area (Å²) in [6.07, 6.45) is 0. The van der Waals surface area contributed by atoms with Gasteiger partial charge < -0.3 is 9.88 Å². The maximum atomic E-state index is 12.9. The molecule has 8 heteroatoms. The Bertz CT molecular complexity index is 1400. The predicted octanol–water partition coefficient (Wildman–Crippen LogP) is 3.77. The molecule has 0 aliphatic carbocycles. The zero-order chi connectivity index (χ0) is 23.4. The second-order valence-electron chi connectivity index (χ2n) is 7.73. The highest BCUT2D eigenvalue weighted by Gasteiger charge is 2.19. The monoisotopic (exact) mass is 462 g/mol. The van der Waals surface area contributed by atoms with Crippen LogP contribution in [0.15, 0.2) is 77.7 Å². The number of aryl methyl sites for hydroxylation is 2. The SMILES string of the molecule is CCn1c(CNC(=O)c2ccc(C)c(S(=O)(=O)NCc3ccccc3)c2)nc2ccccc21. The molecule has 4 aromatic rings. The Hall–Kier alpha value is -3.49. The molecule has 0 spiro atoms. The second-order valence-corrected chi connectivity index (χ2v) is 9.47. The normalized spacial score (nSPS) is 11.6. The third-order valence-electron chi connectivity index (χ3n) is 5.51. The number of hydrogen-bond donors (Lipinski definition) is 2. The van der Waals surface area contributed by atoms with Gasteiger partial charge in [-0.1, -0.05) is 48.5 Å². The Kier molecular flexibility index (Phi) is 6.57. The van der Waals surface area contributed by atoms with E-state index >= 15 is 0 Å². The van der Waals surface area contributed by atoms with Gasteiger partial charge in [0.15, 0.2) is 0 Å². The molecule has 1 heterocycles. The van der Waals surface area contributed by atoms with E-state index in [-0.39, 0.29) is 29.5 Å². The Labute approximate surface area is 193 Å². The van der Waals surface area contributed by atoms with Crippen LogP contribution in [-0.2, 0) is 29.7 Å². The van der Waals surface area contributed by atoms with Crippen molar-refractivity contribution >= 4 is 27.0 Å². The number of nitrogens with zero attached hydrogens (tertiary/aromatic N) is 2. The van der Waals surface area contributed by atoms with E-state index in [4.69, 9.17) is 0 Å². The van der Waals surface area contributed by atoms with Gasteiger partial charge in [-0.25, -0.2) is 18.1 Å². The van der Waals surface area contributed by atoms with E-state index in [1.54, 1.807) is 19.1 Å². The molecule has 0 radical (unpaired) electrons. The molecular formula is C25H26N4O3S. The molecular weight excluding hydrogens is 436 g/mol. The molecule has 0 saturated carbocycles. The minimum Gasteiger partial charge on any atom is -0.345 e. The summed E-state index contributed by atoms with van der Waals surface area (Å²) >= 11 is 0. The smallest absolute Gasteiger partial charge is 0.251 e. The number of para-hydroxylation sites is 2. The summed E-state index contributed by atoms with van der Waals surface area (Å²) in [6, 6.07) is 21.8. The fourth-order valence-corrected chi connectivity index (χ4v) is 5.04. The molecule has 0 saturated heterocycles. The molecule has 0 atom stereocenters. The largest absolute Gasteiger partial charge is 0.345 e. The standard InChI is InChI=1S/C25H26N4O3S/c1-3-29-22-12-8-7-11-21(22)28-24(29)17-26-25(30)20-14-13-18(2)23(15-20)33(31,32)27-16-19-9-5-4-6-10-19/h4-15,27H,3,16-17H2,1-2H3,(H,26,30). The lowest BCUT2D eigenvalue weighted by Gasteiger charge is -2.12. The molecule has 0 bridgehead atoms. The maximum Gasteiger partial charge on any atom is 0.251 e. The fourth-order valence-electron chi connectivity index (χ4n) is 3.76. The Morgan fingerprint density at radius 3 is 2.45 bits per heavy atom. The lowest BCUT2D eigenvalue weighted by atomic mass is 10.1. The third kappa shape index (κ3) is 4.97. The molecule has 1 amide bonds. The number of sulfonamides is 1. The minimum atomic E-state index is -3.79. The number of carbonyl (C=O) groups excluding carboxylic acids is 1. The number of aromatic nitrogens is 2. The van der Waals surface area contributed by atoms with Crippen LogP contribution in [0.1, 0.15) is 34.2 Å². The average molecular weight is 463 g/mol. The summed E-state index contributed by atoms with van der Waals surface area (Å²) in [5.41, 5.74) is 3.58. The second kappa shape index (κ2) is 9.56. The van der Waals surface area contributed by atoms with Crippen LogP contribution in [0, 0.1) is 6.92 Å². The van der Waals surface area contributed by atoms with E-state index in [1.807, 2.05) is 66.1 Å². The zero-order valence-electron chi connectivity index (χ0n) is 18.6. The van der Waals surface area contributed by atoms with Crippen molar-refractivity contribution in [1.82, 2.24) is 19.6 Å². The zero-order valence-corrected chi connectivity index (χ0v) is 19.4. The van der Waals surface area contributed by atoms with Crippen LogP contribution < -0.4 is 10.0 Å². The van der Waals surface area contributed by atoms with Crippen molar-refractivity contribution in [2.75, 3.05) is 0 Å². The molecule has 33 heavy (non-hydrogen) atoms. The van der Waals surface area contributed by atoms with Gasteiger partial charge >= 0.3 is 0 Å². The van der Waals surface area contributed by atoms with Crippen molar-refractivity contribution in [1.29, 1.82) is 0 Å². The third-order valence-corrected chi connectivity index (χ3v) is 7.05. The van der Waals surface area contributed by atoms with E-state index in [1.165, 1.54) is 6.07 Å². The summed E-state index contributed by atoms with van der Waals surface area (Å²) in [6.45, 7) is 4.88. The number of hydrogen-bond acceptors (Lipinski definition) is 4. The van der Waals surface area contributed by atoms with E-state index in [0.29, 0.717) is 5.56 Å². The number of nitrogens with one attached hydrogen (secondary N) is 2. The fraction of sp³-hybridized carbons (Fsp3) is 0.200. The number of imidazole rings is 1. The van der Waals surface area contributed by atoms with Crippen molar-refractivity contribution in [3.05, 3.63) is 95.3 Å². The van der Waals surface area contributed by atoms with Crippen LogP contribution in [-0.4, -0.2) is 23.9 Å². The molecule has 0 aliphatic heterocycles. The molecule has 4 rings (SSSR count). The van der Waals surface area contributed by atoms with E-state index in [9.17, 15) is 13.2 Å². The summed E-state index contributed by atoms with van der Waals surface area (Å²) in [4.78, 5) is 17.5. The van der Waals surface area contributed by atoms with Crippen LogP contribution in [0.4, 0.5) is 0 Å². The van der Waals surface area contributed by atoms with Gasteiger partial charge in [0.2, 0.25) is 10.0 Å². The summed E-state index contributed by atoms with van der Waals surface area (Å²) in [5.74, 6) is 0.390. The van der Waals surface area contributed by atoms with Crippen LogP contribution in [0.5, 0.6) is 0 Å². The van der Waals surface area contributed by atoms with Gasteiger partial charge in [-0.15, -0.1) is 0 Å². The van der Waals surface area contributed by atoms with Crippen LogP contribution >= 0.6 is 0 Å². The molecule has 7 nitrogen and oxygen atoms in total. The van der Waals surface area contributed by atoms with Gasteiger partial charge in [0.05, 0.1) is 22.5 Å². The maximum absolute atomic E-state index is 12.9. The number of amides is 1. The number of benzene rings is 3. The Balaban J connectivity index is 1.50. The quantitative estimate of drug-likeness (QED) is 0.417. The molecule has 0 fully saturated rings. The van der Waals surface area contributed by atoms with E-state index in [0.717, 1.165) is 29.0 Å². The summed E-state index contributed by atoms with van der Waals surface area (Å²) in [5, 5.41) is 2.87. The molecule has 3 aromatic carbocycles. The first-order chi connectivity index (χ1) is 15.9. The van der Waals surface area contributed by atoms with E-state index in [2.05, 4.69) is 15.0 Å². The lowest BCUT2D eigenvalue weighted by molar-refractivity contribution is 0.0949. The van der Waals surface area contributed by atoms with Gasteiger partial charge in [-0.05, 0) is 49.2 Å². The van der Waals surface area contributed by atoms with Crippen LogP contribution in [0.25, 0.3) is 11.0 Å². The number of fused-ring (bicyclic) bond motifs is 1. The van der Waals surface area contributed by atoms with Gasteiger partial charge in [0, 0.05) is 18.7 Å². The van der Waals surface area contributed by atoms with Gasteiger partial charge in [-0.3, -0.25) is 4.79 Å². The van der Waals surface area contributed by atoms with Gasteiger partial charge in [0.25, 0.3) is 5.91 Å². The van der Waals surface area contributed by atoms with Crippen molar-refractivity contribution < 1.29 is 13.2 Å². The van der Waals surface area contributed by atoms with Crippen molar-refractivity contribution in [2.45, 2.75) is 38.4 Å². The van der Waals surface area contributed by atoms with Crippen molar-refractivity contribution in [3.8, 4) is 0 Å². The first-order valence-corrected chi connectivity index (χ1v) is 12.2. The molecule has 0 unspecified atom stereocenters. The van der Waals surface area contributed by atoms with Crippen LogP contribution in [0.2, 0.25) is 0 Å². The van der Waals surface area contributed by atoms with Gasteiger partial charge in [0.1, 0.15) is 5.82 Å². The highest BCUT2D eigenvalue weighted by atomic mass is 32.2. The summed E-state index contributed by atoms with van der Waals surface area (Å²) in [7, 11) is -3.79. The van der Waals surface area contributed by atoms with E-state index < -0.39 is 10.0 Å². The minimum absolute atomic E-state index is 0.0897. The highest BCUT2D eigenvalue weighted by molar-refractivity contribution is 7.89. The van der Waals surface area contributed by atoms with Gasteiger partial charge in [-0.2, -0.15) is 0 Å². The van der Waals surface area contributed by atoms with Crippen molar-refractivity contribution in [3.63, 3.8) is 0 Å². The number of carbonyl (C=O) groups is 1. The topological polar surface area (TPSA) is 93.1 Å². The first kappa shape index (κ1) is 22.7. The van der Waals surface area contributed by atoms with Crippen LogP contribution in [0.3, 0.4) is 0 Å². The number of rotatable bonds is 8. The highest BCUT2D eigenvalue weighted by Crippen LogP contribution is 2.19. The lowest BCUT2D eigenvalue weighted by Crippen LogP contribution is -2.27.